The van der Waals surface area contributed by atoms with Crippen molar-refractivity contribution in [3.05, 3.63) is 71.8 Å². The Bertz CT molecular complexity index is 744. The van der Waals surface area contributed by atoms with Gasteiger partial charge in [0.05, 0.1) is 18.8 Å². The summed E-state index contributed by atoms with van der Waals surface area (Å²) in [5.41, 5.74) is 2.09. The number of nitrogens with zero attached hydrogens (tertiary/aromatic N) is 1. The third-order valence-corrected chi connectivity index (χ3v) is 4.96. The highest BCUT2D eigenvalue weighted by molar-refractivity contribution is 5.87. The average molecular weight is 352 g/mol. The zero-order chi connectivity index (χ0) is 17.8. The van der Waals surface area contributed by atoms with Gasteiger partial charge in [-0.15, -0.1) is 0 Å². The van der Waals surface area contributed by atoms with E-state index in [2.05, 4.69) is 60.8 Å². The van der Waals surface area contributed by atoms with Gasteiger partial charge in [0.1, 0.15) is 31.4 Å². The first-order valence-electron chi connectivity index (χ1n) is 8.98. The van der Waals surface area contributed by atoms with E-state index in [0.29, 0.717) is 26.6 Å². The molecule has 5 nitrogen and oxygen atoms in total. The normalized spacial score (nSPS) is 28.0. The van der Waals surface area contributed by atoms with E-state index in [1.165, 1.54) is 11.1 Å². The third kappa shape index (κ3) is 3.51. The van der Waals surface area contributed by atoms with Gasteiger partial charge in [0.25, 0.3) is 0 Å². The number of ether oxygens (including phenoxy) is 3. The van der Waals surface area contributed by atoms with Gasteiger partial charge in [-0.2, -0.15) is 0 Å². The van der Waals surface area contributed by atoms with Crippen LogP contribution in [0.5, 0.6) is 0 Å². The summed E-state index contributed by atoms with van der Waals surface area (Å²) in [6.45, 7) is 4.10. The van der Waals surface area contributed by atoms with Crippen LogP contribution in [-0.2, 0) is 19.7 Å². The highest BCUT2D eigenvalue weighted by atomic mass is 16.7. The Hall–Kier alpha value is -2.21. The molecule has 0 aliphatic carbocycles. The smallest absolute Gasteiger partial charge is 0.147 e. The molecule has 0 spiro atoms. The van der Waals surface area contributed by atoms with Crippen LogP contribution in [0.4, 0.5) is 0 Å². The van der Waals surface area contributed by atoms with E-state index in [1.807, 2.05) is 12.1 Å². The predicted molar refractivity (Wildman–Crippen MR) is 100 cm³/mol. The molecule has 3 atom stereocenters. The minimum atomic E-state index is -0.311. The van der Waals surface area contributed by atoms with Crippen molar-refractivity contribution < 1.29 is 14.2 Å². The van der Waals surface area contributed by atoms with Gasteiger partial charge in [-0.1, -0.05) is 60.7 Å². The monoisotopic (exact) mass is 352 g/mol. The first kappa shape index (κ1) is 17.2. The van der Waals surface area contributed by atoms with Crippen LogP contribution in [-0.4, -0.2) is 38.6 Å². The zero-order valence-electron chi connectivity index (χ0n) is 14.9. The summed E-state index contributed by atoms with van der Waals surface area (Å²) in [5.74, 6) is 0.865. The summed E-state index contributed by atoms with van der Waals surface area (Å²) in [4.78, 5) is 4.96. The summed E-state index contributed by atoms with van der Waals surface area (Å²) in [6, 6.07) is 20.9. The van der Waals surface area contributed by atoms with E-state index in [0.717, 1.165) is 5.84 Å². The van der Waals surface area contributed by atoms with Crippen molar-refractivity contribution in [1.82, 2.24) is 5.32 Å². The Balaban J connectivity index is 1.53. The van der Waals surface area contributed by atoms with Gasteiger partial charge in [0, 0.05) is 0 Å². The van der Waals surface area contributed by atoms with E-state index in [1.54, 1.807) is 0 Å². The van der Waals surface area contributed by atoms with E-state index >= 15 is 0 Å². The topological polar surface area (TPSA) is 52.1 Å². The molecule has 4 rings (SSSR count). The molecule has 1 N–H and O–H groups in total. The lowest BCUT2D eigenvalue weighted by molar-refractivity contribution is 0.0127. The molecule has 0 aromatic heterocycles. The van der Waals surface area contributed by atoms with Gasteiger partial charge in [0.2, 0.25) is 0 Å². The third-order valence-electron chi connectivity index (χ3n) is 4.96. The Labute approximate surface area is 154 Å². The fourth-order valence-corrected chi connectivity index (χ4v) is 3.57. The summed E-state index contributed by atoms with van der Waals surface area (Å²) in [7, 11) is 0. The minimum absolute atomic E-state index is 0.00392. The van der Waals surface area contributed by atoms with Crippen LogP contribution < -0.4 is 5.32 Å². The molecule has 2 aromatic carbocycles. The number of hydrogen-bond acceptors (Lipinski definition) is 5. The second-order valence-corrected chi connectivity index (χ2v) is 6.87. The van der Waals surface area contributed by atoms with Crippen LogP contribution in [0.2, 0.25) is 0 Å². The van der Waals surface area contributed by atoms with Crippen molar-refractivity contribution in [3.63, 3.8) is 0 Å². The molecular weight excluding hydrogens is 328 g/mol. The van der Waals surface area contributed by atoms with Gasteiger partial charge in [-0.25, -0.2) is 0 Å². The van der Waals surface area contributed by atoms with Crippen LogP contribution >= 0.6 is 0 Å². The molecule has 136 valence electrons. The summed E-state index contributed by atoms with van der Waals surface area (Å²) >= 11 is 0. The Morgan fingerprint density at radius 1 is 1.12 bits per heavy atom. The molecule has 0 saturated carbocycles. The molecule has 5 heteroatoms. The first-order chi connectivity index (χ1) is 12.8. The minimum Gasteiger partial charge on any atom is -0.371 e. The van der Waals surface area contributed by atoms with Crippen LogP contribution in [0.15, 0.2) is 65.7 Å². The van der Waals surface area contributed by atoms with Gasteiger partial charge in [0.15, 0.2) is 0 Å². The van der Waals surface area contributed by atoms with Crippen LogP contribution in [0.25, 0.3) is 0 Å². The second-order valence-electron chi connectivity index (χ2n) is 6.87. The van der Waals surface area contributed by atoms with Gasteiger partial charge >= 0.3 is 0 Å². The molecule has 0 amide bonds. The molecular formula is C21H24N2O3. The number of hydrogen-bond donors (Lipinski definition) is 1. The highest BCUT2D eigenvalue weighted by Gasteiger charge is 2.42. The molecule has 2 aromatic rings. The van der Waals surface area contributed by atoms with E-state index < -0.39 is 0 Å². The fraction of sp³-hybridized carbons (Fsp3) is 0.381. The summed E-state index contributed by atoms with van der Waals surface area (Å²) in [6.07, 6.45) is 0.0161. The molecule has 1 fully saturated rings. The maximum absolute atomic E-state index is 5.82. The molecule has 0 bridgehead atoms. The number of amidine groups is 1. The zero-order valence-corrected chi connectivity index (χ0v) is 14.9. The number of rotatable bonds is 6. The Morgan fingerprint density at radius 3 is 2.54 bits per heavy atom. The van der Waals surface area contributed by atoms with Crippen molar-refractivity contribution >= 4 is 5.84 Å². The molecule has 1 saturated heterocycles. The van der Waals surface area contributed by atoms with Crippen LogP contribution in [0, 0.1) is 0 Å². The molecule has 1 unspecified atom stereocenters. The lowest BCUT2D eigenvalue weighted by atomic mass is 9.82. The van der Waals surface area contributed by atoms with Gasteiger partial charge in [-0.3, -0.25) is 4.99 Å². The van der Waals surface area contributed by atoms with Crippen molar-refractivity contribution in [1.29, 1.82) is 0 Å². The summed E-state index contributed by atoms with van der Waals surface area (Å²) in [5, 5.41) is 3.61. The van der Waals surface area contributed by atoms with Crippen molar-refractivity contribution in [2.45, 2.75) is 24.6 Å². The highest BCUT2D eigenvalue weighted by Crippen LogP contribution is 2.41. The lowest BCUT2D eigenvalue weighted by Gasteiger charge is -2.32. The van der Waals surface area contributed by atoms with E-state index in [-0.39, 0.29) is 17.7 Å². The lowest BCUT2D eigenvalue weighted by Crippen LogP contribution is -2.42. The maximum atomic E-state index is 5.82. The van der Waals surface area contributed by atoms with Crippen molar-refractivity contribution in [3.8, 4) is 0 Å². The predicted octanol–water partition coefficient (Wildman–Crippen LogP) is 3.03. The van der Waals surface area contributed by atoms with Crippen molar-refractivity contribution in [2.24, 2.45) is 4.99 Å². The second kappa shape index (κ2) is 7.58. The van der Waals surface area contributed by atoms with Gasteiger partial charge in [-0.05, 0) is 18.1 Å². The van der Waals surface area contributed by atoms with Crippen LogP contribution in [0.3, 0.4) is 0 Å². The fourth-order valence-electron chi connectivity index (χ4n) is 3.57. The molecule has 2 heterocycles. The van der Waals surface area contributed by atoms with Crippen LogP contribution in [0.1, 0.15) is 24.1 Å². The standard InChI is InChI=1S/C21H24N2O3/c1-21(17-10-6-3-7-11-17)20(16-8-4-2-5-9-16)22-19(23-21)14-24-12-18-13-25-15-26-18/h2-11,18,20H,12-15H2,1H3,(H,22,23)/t18?,20-,21+/m0/s1. The number of aliphatic imine (C=N–C) groups is 1. The Kier molecular flexibility index (Phi) is 5.02. The quantitative estimate of drug-likeness (QED) is 0.868. The number of benzene rings is 2. The van der Waals surface area contributed by atoms with E-state index in [9.17, 15) is 0 Å². The van der Waals surface area contributed by atoms with Crippen molar-refractivity contribution in [2.75, 3.05) is 26.6 Å². The Morgan fingerprint density at radius 2 is 1.85 bits per heavy atom. The summed E-state index contributed by atoms with van der Waals surface area (Å²) < 4.78 is 16.4. The largest absolute Gasteiger partial charge is 0.371 e. The average Bonchev–Trinajstić information content (AvgIpc) is 3.32. The molecule has 26 heavy (non-hydrogen) atoms. The SMILES string of the molecule is C[C@]1(c2ccccc2)NC(COCC2COCO2)=N[C@H]1c1ccccc1. The van der Waals surface area contributed by atoms with Gasteiger partial charge < -0.3 is 19.5 Å². The molecule has 2 aliphatic rings. The molecule has 0 radical (unpaired) electrons. The maximum Gasteiger partial charge on any atom is 0.147 e. The number of nitrogens with one attached hydrogen (secondary N) is 1. The first-order valence-corrected chi connectivity index (χ1v) is 8.98. The van der Waals surface area contributed by atoms with E-state index in [4.69, 9.17) is 19.2 Å². The molecule has 2 aliphatic heterocycles.